The second-order valence-corrected chi connectivity index (χ2v) is 4.87. The summed E-state index contributed by atoms with van der Waals surface area (Å²) in [6.45, 7) is 0. The van der Waals surface area contributed by atoms with Crippen molar-refractivity contribution in [3.8, 4) is 0 Å². The topological polar surface area (TPSA) is 0 Å². The molecule has 0 heterocycles. The fourth-order valence-corrected chi connectivity index (χ4v) is 2.45. The normalized spacial score (nSPS) is 12.4. The van der Waals surface area contributed by atoms with E-state index < -0.39 is 0 Å². The predicted molar refractivity (Wildman–Crippen MR) is 75.0 cm³/mol. The molecule has 0 saturated carbocycles. The zero-order valence-corrected chi connectivity index (χ0v) is 11.3. The van der Waals surface area contributed by atoms with Crippen molar-refractivity contribution in [2.75, 3.05) is 5.88 Å². The minimum absolute atomic E-state index is 0.146. The van der Waals surface area contributed by atoms with Gasteiger partial charge in [0.1, 0.15) is 5.82 Å². The quantitative estimate of drug-likeness (QED) is 0.689. The molecular weight excluding hydrogens is 270 g/mol. The Kier molecular flexibility index (Phi) is 4.62. The van der Waals surface area contributed by atoms with E-state index in [9.17, 15) is 4.39 Å². The number of halogens is 3. The molecule has 2 rings (SSSR count). The lowest BCUT2D eigenvalue weighted by atomic mass is 9.93. The second kappa shape index (κ2) is 6.21. The molecule has 0 fully saturated rings. The zero-order valence-electron chi connectivity index (χ0n) is 9.74. The third kappa shape index (κ3) is 3.04. The van der Waals surface area contributed by atoms with Gasteiger partial charge in [0.15, 0.2) is 0 Å². The Morgan fingerprint density at radius 1 is 1.00 bits per heavy atom. The molecule has 18 heavy (non-hydrogen) atoms. The van der Waals surface area contributed by atoms with Gasteiger partial charge in [-0.05, 0) is 23.6 Å². The van der Waals surface area contributed by atoms with Crippen molar-refractivity contribution < 1.29 is 4.39 Å². The van der Waals surface area contributed by atoms with E-state index in [1.54, 1.807) is 6.07 Å². The molecule has 0 amide bonds. The lowest BCUT2D eigenvalue weighted by Crippen LogP contribution is -2.05. The summed E-state index contributed by atoms with van der Waals surface area (Å²) in [7, 11) is 0. The standard InChI is InChI=1S/C15H13Cl2F/c16-10-13(11-5-2-1-3-6-11)9-12-7-4-8-14(18)15(12)17/h1-8,13H,9-10H2. The van der Waals surface area contributed by atoms with Crippen molar-refractivity contribution in [2.24, 2.45) is 0 Å². The molecule has 1 unspecified atom stereocenters. The Morgan fingerprint density at radius 2 is 1.72 bits per heavy atom. The third-order valence-corrected chi connectivity index (χ3v) is 3.75. The fourth-order valence-electron chi connectivity index (χ4n) is 1.96. The summed E-state index contributed by atoms with van der Waals surface area (Å²) in [5.41, 5.74) is 1.94. The number of benzene rings is 2. The molecule has 0 spiro atoms. The van der Waals surface area contributed by atoms with Crippen LogP contribution in [0, 0.1) is 5.82 Å². The minimum atomic E-state index is -0.379. The van der Waals surface area contributed by atoms with Gasteiger partial charge in [0.05, 0.1) is 5.02 Å². The SMILES string of the molecule is Fc1cccc(CC(CCl)c2ccccc2)c1Cl. The maximum Gasteiger partial charge on any atom is 0.142 e. The van der Waals surface area contributed by atoms with Crippen molar-refractivity contribution in [3.05, 3.63) is 70.5 Å². The molecule has 1 atom stereocenters. The zero-order chi connectivity index (χ0) is 13.0. The monoisotopic (exact) mass is 282 g/mol. The molecule has 94 valence electrons. The Bertz CT molecular complexity index is 511. The van der Waals surface area contributed by atoms with E-state index >= 15 is 0 Å². The first kappa shape index (κ1) is 13.4. The Balaban J connectivity index is 2.24. The second-order valence-electron chi connectivity index (χ2n) is 4.18. The first-order valence-electron chi connectivity index (χ1n) is 5.76. The third-order valence-electron chi connectivity index (χ3n) is 2.96. The van der Waals surface area contributed by atoms with Gasteiger partial charge in [-0.3, -0.25) is 0 Å². The largest absolute Gasteiger partial charge is 0.205 e. The van der Waals surface area contributed by atoms with E-state index in [-0.39, 0.29) is 16.8 Å². The maximum absolute atomic E-state index is 13.4. The minimum Gasteiger partial charge on any atom is -0.205 e. The van der Waals surface area contributed by atoms with Gasteiger partial charge in [0.2, 0.25) is 0 Å². The summed E-state index contributed by atoms with van der Waals surface area (Å²) in [5, 5.41) is 0.198. The van der Waals surface area contributed by atoms with E-state index in [2.05, 4.69) is 0 Å². The number of rotatable bonds is 4. The van der Waals surface area contributed by atoms with Gasteiger partial charge in [-0.1, -0.05) is 54.1 Å². The van der Waals surface area contributed by atoms with E-state index in [4.69, 9.17) is 23.2 Å². The fraction of sp³-hybridized carbons (Fsp3) is 0.200. The van der Waals surface area contributed by atoms with Gasteiger partial charge in [0, 0.05) is 11.8 Å². The molecule has 0 N–H and O–H groups in total. The van der Waals surface area contributed by atoms with Gasteiger partial charge in [-0.2, -0.15) is 0 Å². The Morgan fingerprint density at radius 3 is 2.39 bits per heavy atom. The van der Waals surface area contributed by atoms with Crippen LogP contribution in [0.25, 0.3) is 0 Å². The highest BCUT2D eigenvalue weighted by molar-refractivity contribution is 6.31. The van der Waals surface area contributed by atoms with Crippen LogP contribution in [-0.2, 0) is 6.42 Å². The summed E-state index contributed by atoms with van der Waals surface area (Å²) in [5.74, 6) is 0.249. The summed E-state index contributed by atoms with van der Waals surface area (Å²) in [6.07, 6.45) is 0.643. The lowest BCUT2D eigenvalue weighted by molar-refractivity contribution is 0.624. The molecule has 0 nitrogen and oxygen atoms in total. The molecule has 3 heteroatoms. The van der Waals surface area contributed by atoms with Crippen LogP contribution >= 0.6 is 23.2 Å². The summed E-state index contributed by atoms with van der Waals surface area (Å²) < 4.78 is 13.4. The first-order chi connectivity index (χ1) is 8.72. The Labute approximate surface area is 116 Å². The first-order valence-corrected chi connectivity index (χ1v) is 6.67. The van der Waals surface area contributed by atoms with Crippen molar-refractivity contribution in [3.63, 3.8) is 0 Å². The smallest absolute Gasteiger partial charge is 0.142 e. The van der Waals surface area contributed by atoms with Crippen LogP contribution in [0.3, 0.4) is 0 Å². The molecule has 2 aromatic carbocycles. The Hall–Kier alpha value is -1.05. The molecular formula is C15H13Cl2F. The maximum atomic E-state index is 13.4. The van der Waals surface area contributed by atoms with E-state index in [0.29, 0.717) is 12.3 Å². The van der Waals surface area contributed by atoms with E-state index in [0.717, 1.165) is 11.1 Å². The van der Waals surface area contributed by atoms with Crippen molar-refractivity contribution in [1.29, 1.82) is 0 Å². The lowest BCUT2D eigenvalue weighted by Gasteiger charge is -2.15. The number of hydrogen-bond acceptors (Lipinski definition) is 0. The molecule has 0 aliphatic carbocycles. The van der Waals surface area contributed by atoms with Crippen molar-refractivity contribution in [2.45, 2.75) is 12.3 Å². The van der Waals surface area contributed by atoms with Crippen LogP contribution in [-0.4, -0.2) is 5.88 Å². The number of alkyl halides is 1. The van der Waals surface area contributed by atoms with Crippen molar-refractivity contribution >= 4 is 23.2 Å². The predicted octanol–water partition coefficient (Wildman–Crippen LogP) is 5.04. The summed E-state index contributed by atoms with van der Waals surface area (Å²) in [6, 6.07) is 14.8. The van der Waals surface area contributed by atoms with E-state index in [1.807, 2.05) is 36.4 Å². The number of hydrogen-bond donors (Lipinski definition) is 0. The van der Waals surface area contributed by atoms with Gasteiger partial charge >= 0.3 is 0 Å². The molecule has 0 aliphatic rings. The van der Waals surface area contributed by atoms with Crippen molar-refractivity contribution in [1.82, 2.24) is 0 Å². The molecule has 0 bridgehead atoms. The average molecular weight is 283 g/mol. The highest BCUT2D eigenvalue weighted by Crippen LogP contribution is 2.27. The van der Waals surface area contributed by atoms with Crippen LogP contribution in [0.15, 0.2) is 48.5 Å². The molecule has 0 aromatic heterocycles. The molecule has 0 saturated heterocycles. The van der Waals surface area contributed by atoms with Crippen LogP contribution in [0.4, 0.5) is 4.39 Å². The van der Waals surface area contributed by atoms with Crippen LogP contribution in [0.2, 0.25) is 5.02 Å². The summed E-state index contributed by atoms with van der Waals surface area (Å²) in [4.78, 5) is 0. The van der Waals surface area contributed by atoms with Gasteiger partial charge < -0.3 is 0 Å². The molecule has 0 radical (unpaired) electrons. The van der Waals surface area contributed by atoms with Crippen LogP contribution in [0.5, 0.6) is 0 Å². The molecule has 0 aliphatic heterocycles. The summed E-state index contributed by atoms with van der Waals surface area (Å²) >= 11 is 12.0. The molecule has 2 aromatic rings. The highest BCUT2D eigenvalue weighted by Gasteiger charge is 2.14. The van der Waals surface area contributed by atoms with E-state index in [1.165, 1.54) is 6.07 Å². The van der Waals surface area contributed by atoms with Crippen LogP contribution < -0.4 is 0 Å². The van der Waals surface area contributed by atoms with Gasteiger partial charge in [-0.25, -0.2) is 4.39 Å². The highest BCUT2D eigenvalue weighted by atomic mass is 35.5. The van der Waals surface area contributed by atoms with Gasteiger partial charge in [0.25, 0.3) is 0 Å². The average Bonchev–Trinajstić information content (AvgIpc) is 2.41. The van der Waals surface area contributed by atoms with Gasteiger partial charge in [-0.15, -0.1) is 11.6 Å². The van der Waals surface area contributed by atoms with Crippen LogP contribution in [0.1, 0.15) is 17.0 Å².